The van der Waals surface area contributed by atoms with Gasteiger partial charge in [0, 0.05) is 5.02 Å². The minimum atomic E-state index is 0.773. The maximum Gasteiger partial charge on any atom is 0.0406 e. The van der Waals surface area contributed by atoms with E-state index in [0.717, 1.165) is 28.7 Å². The summed E-state index contributed by atoms with van der Waals surface area (Å²) in [5.41, 5.74) is 1.50. The predicted octanol–water partition coefficient (Wildman–Crippen LogP) is 8.17. The van der Waals surface area contributed by atoms with Gasteiger partial charge in [-0.25, -0.2) is 0 Å². The number of allylic oxidation sites excluding steroid dienone is 2. The Morgan fingerprint density at radius 1 is 0.840 bits per heavy atom. The molecule has 0 spiro atoms. The topological polar surface area (TPSA) is 0 Å². The van der Waals surface area contributed by atoms with Crippen LogP contribution in [0.3, 0.4) is 0 Å². The molecule has 0 bridgehead atoms. The van der Waals surface area contributed by atoms with E-state index >= 15 is 0 Å². The summed E-state index contributed by atoms with van der Waals surface area (Å²) < 4.78 is 0. The highest BCUT2D eigenvalue weighted by atomic mass is 35.5. The van der Waals surface area contributed by atoms with Gasteiger partial charge in [-0.05, 0) is 99.2 Å². The summed E-state index contributed by atoms with van der Waals surface area (Å²) in [6.45, 7) is 2.24. The third kappa shape index (κ3) is 5.88. The standard InChI is InChI=1S/C24H35Cl/c1-2-3-4-19-5-7-20(8-6-19)9-10-21-11-13-22(14-12-21)23-15-17-24(25)18-16-23/h3-4,15-22H,2,5-14H2,1H3/t19-,20-,21-,22-. The number of halogens is 1. The molecule has 25 heavy (non-hydrogen) atoms. The summed E-state index contributed by atoms with van der Waals surface area (Å²) in [4.78, 5) is 0. The Bertz CT molecular complexity index is 514. The molecule has 2 aliphatic carbocycles. The van der Waals surface area contributed by atoms with Crippen LogP contribution >= 0.6 is 11.6 Å². The fourth-order valence-electron chi connectivity index (χ4n) is 4.99. The van der Waals surface area contributed by atoms with Crippen molar-refractivity contribution >= 4 is 11.6 Å². The highest BCUT2D eigenvalue weighted by Crippen LogP contribution is 2.40. The third-order valence-electron chi connectivity index (χ3n) is 6.71. The van der Waals surface area contributed by atoms with Crippen molar-refractivity contribution in [2.45, 2.75) is 83.5 Å². The first-order valence-corrected chi connectivity index (χ1v) is 11.0. The summed E-state index contributed by atoms with van der Waals surface area (Å²) in [6.07, 6.45) is 20.4. The van der Waals surface area contributed by atoms with Gasteiger partial charge in [0.05, 0.1) is 0 Å². The lowest BCUT2D eigenvalue weighted by Gasteiger charge is -2.31. The molecule has 0 amide bonds. The van der Waals surface area contributed by atoms with Gasteiger partial charge in [0.2, 0.25) is 0 Å². The molecule has 0 N–H and O–H groups in total. The van der Waals surface area contributed by atoms with Gasteiger partial charge in [-0.15, -0.1) is 0 Å². The van der Waals surface area contributed by atoms with Crippen molar-refractivity contribution in [1.29, 1.82) is 0 Å². The highest BCUT2D eigenvalue weighted by molar-refractivity contribution is 6.30. The van der Waals surface area contributed by atoms with Crippen LogP contribution in [0.2, 0.25) is 5.02 Å². The van der Waals surface area contributed by atoms with Crippen LogP contribution < -0.4 is 0 Å². The number of benzene rings is 1. The van der Waals surface area contributed by atoms with Crippen molar-refractivity contribution in [3.8, 4) is 0 Å². The third-order valence-corrected chi connectivity index (χ3v) is 6.96. The zero-order valence-corrected chi connectivity index (χ0v) is 16.7. The van der Waals surface area contributed by atoms with Crippen LogP contribution in [-0.4, -0.2) is 0 Å². The molecule has 1 aromatic carbocycles. The molecular weight excluding hydrogens is 324 g/mol. The summed E-state index contributed by atoms with van der Waals surface area (Å²) in [5.74, 6) is 3.65. The average molecular weight is 359 g/mol. The van der Waals surface area contributed by atoms with Gasteiger partial charge in [-0.3, -0.25) is 0 Å². The molecule has 3 rings (SSSR count). The van der Waals surface area contributed by atoms with Crippen LogP contribution in [0.5, 0.6) is 0 Å². The Hall–Kier alpha value is -0.750. The van der Waals surface area contributed by atoms with E-state index in [1.807, 2.05) is 0 Å². The Balaban J connectivity index is 1.34. The number of hydrogen-bond acceptors (Lipinski definition) is 0. The van der Waals surface area contributed by atoms with Gasteiger partial charge in [0.1, 0.15) is 0 Å². The molecule has 2 aliphatic rings. The summed E-state index contributed by atoms with van der Waals surface area (Å²) in [6, 6.07) is 8.57. The van der Waals surface area contributed by atoms with Gasteiger partial charge in [0.25, 0.3) is 0 Å². The molecule has 0 aromatic heterocycles. The van der Waals surface area contributed by atoms with Crippen molar-refractivity contribution in [3.05, 3.63) is 47.0 Å². The molecule has 1 aromatic rings. The zero-order chi connectivity index (χ0) is 17.5. The van der Waals surface area contributed by atoms with Crippen molar-refractivity contribution in [2.75, 3.05) is 0 Å². The molecule has 0 radical (unpaired) electrons. The Labute approximate surface area is 160 Å². The predicted molar refractivity (Wildman–Crippen MR) is 110 cm³/mol. The van der Waals surface area contributed by atoms with Crippen molar-refractivity contribution in [3.63, 3.8) is 0 Å². The largest absolute Gasteiger partial charge is 0.0885 e. The molecule has 0 aliphatic heterocycles. The molecule has 0 saturated heterocycles. The quantitative estimate of drug-likeness (QED) is 0.450. The fourth-order valence-corrected chi connectivity index (χ4v) is 5.11. The zero-order valence-electron chi connectivity index (χ0n) is 15.9. The second-order valence-corrected chi connectivity index (χ2v) is 8.90. The fraction of sp³-hybridized carbons (Fsp3) is 0.667. The summed E-state index contributed by atoms with van der Waals surface area (Å²) >= 11 is 6.02. The van der Waals surface area contributed by atoms with E-state index in [4.69, 9.17) is 11.6 Å². The number of rotatable bonds is 6. The van der Waals surface area contributed by atoms with Gasteiger partial charge >= 0.3 is 0 Å². The van der Waals surface area contributed by atoms with E-state index in [0.29, 0.717) is 0 Å². The summed E-state index contributed by atoms with van der Waals surface area (Å²) in [7, 11) is 0. The van der Waals surface area contributed by atoms with E-state index in [9.17, 15) is 0 Å². The van der Waals surface area contributed by atoms with E-state index in [1.54, 1.807) is 0 Å². The minimum absolute atomic E-state index is 0.773. The van der Waals surface area contributed by atoms with Crippen molar-refractivity contribution in [2.24, 2.45) is 17.8 Å². The molecule has 0 atom stereocenters. The van der Waals surface area contributed by atoms with Gasteiger partial charge in [-0.2, -0.15) is 0 Å². The molecular formula is C24H35Cl. The summed E-state index contributed by atoms with van der Waals surface area (Å²) in [5, 5.41) is 0.859. The van der Waals surface area contributed by atoms with E-state index < -0.39 is 0 Å². The maximum atomic E-state index is 6.02. The first kappa shape index (κ1) is 19.0. The van der Waals surface area contributed by atoms with Gasteiger partial charge in [0.15, 0.2) is 0 Å². The smallest absolute Gasteiger partial charge is 0.0406 e. The first-order valence-electron chi connectivity index (χ1n) is 10.7. The van der Waals surface area contributed by atoms with Crippen LogP contribution in [-0.2, 0) is 0 Å². The van der Waals surface area contributed by atoms with E-state index in [2.05, 4.69) is 43.3 Å². The SMILES string of the molecule is CCC=C[C@H]1CC[C@H](CC[C@H]2CC[C@H](c3ccc(Cl)cc3)CC2)CC1. The van der Waals surface area contributed by atoms with Gasteiger partial charge < -0.3 is 0 Å². The molecule has 138 valence electrons. The lowest BCUT2D eigenvalue weighted by atomic mass is 9.74. The molecule has 0 heterocycles. The Kier molecular flexibility index (Phi) is 7.47. The Morgan fingerprint density at radius 2 is 1.40 bits per heavy atom. The lowest BCUT2D eigenvalue weighted by molar-refractivity contribution is 0.246. The second kappa shape index (κ2) is 9.81. The van der Waals surface area contributed by atoms with Crippen molar-refractivity contribution < 1.29 is 0 Å². The van der Waals surface area contributed by atoms with Gasteiger partial charge in [-0.1, -0.05) is 55.7 Å². The normalized spacial score (nSPS) is 30.6. The first-order chi connectivity index (χ1) is 12.2. The molecule has 2 saturated carbocycles. The maximum absolute atomic E-state index is 6.02. The number of hydrogen-bond donors (Lipinski definition) is 0. The lowest BCUT2D eigenvalue weighted by Crippen LogP contribution is -2.17. The monoisotopic (exact) mass is 358 g/mol. The molecule has 1 heteroatoms. The van der Waals surface area contributed by atoms with Crippen LogP contribution in [0.15, 0.2) is 36.4 Å². The highest BCUT2D eigenvalue weighted by Gasteiger charge is 2.24. The van der Waals surface area contributed by atoms with Crippen LogP contribution in [0.25, 0.3) is 0 Å². The van der Waals surface area contributed by atoms with E-state index in [1.165, 1.54) is 76.2 Å². The minimum Gasteiger partial charge on any atom is -0.0885 e. The van der Waals surface area contributed by atoms with Crippen molar-refractivity contribution in [1.82, 2.24) is 0 Å². The molecule has 0 unspecified atom stereocenters. The second-order valence-electron chi connectivity index (χ2n) is 8.46. The Morgan fingerprint density at radius 3 is 1.96 bits per heavy atom. The molecule has 0 nitrogen and oxygen atoms in total. The van der Waals surface area contributed by atoms with Crippen LogP contribution in [0.4, 0.5) is 0 Å². The van der Waals surface area contributed by atoms with Crippen LogP contribution in [0.1, 0.15) is 89.0 Å². The van der Waals surface area contributed by atoms with Crippen LogP contribution in [0, 0.1) is 17.8 Å². The molecule has 2 fully saturated rings. The van der Waals surface area contributed by atoms with E-state index in [-0.39, 0.29) is 0 Å². The average Bonchev–Trinajstić information content (AvgIpc) is 2.67.